The predicted octanol–water partition coefficient (Wildman–Crippen LogP) is 2.66. The number of piperidine rings is 1. The molecule has 0 bridgehead atoms. The van der Waals surface area contributed by atoms with Gasteiger partial charge in [0.1, 0.15) is 0 Å². The summed E-state index contributed by atoms with van der Waals surface area (Å²) in [5.74, 6) is 2.35. The van der Waals surface area contributed by atoms with Crippen molar-refractivity contribution in [3.8, 4) is 10.7 Å². The highest BCUT2D eigenvalue weighted by Crippen LogP contribution is 2.29. The topological polar surface area (TPSA) is 70.8 Å². The third-order valence-electron chi connectivity index (χ3n) is 4.38. The number of H-pyrrole nitrogens is 1. The molecule has 3 N–H and O–H groups in total. The van der Waals surface area contributed by atoms with E-state index in [4.69, 9.17) is 10.7 Å². The Kier molecular flexibility index (Phi) is 4.26. The number of hydrogen-bond acceptors (Lipinski definition) is 5. The van der Waals surface area contributed by atoms with Crippen molar-refractivity contribution in [2.24, 2.45) is 11.7 Å². The number of thiophene rings is 1. The molecule has 1 fully saturated rings. The number of nitrogens with two attached hydrogens (primary N) is 1. The van der Waals surface area contributed by atoms with E-state index in [1.165, 1.54) is 10.4 Å². The maximum Gasteiger partial charge on any atom is 0.245 e. The van der Waals surface area contributed by atoms with Crippen molar-refractivity contribution < 1.29 is 0 Å². The first-order valence-electron chi connectivity index (χ1n) is 7.68. The van der Waals surface area contributed by atoms with Crippen LogP contribution in [0.1, 0.15) is 32.3 Å². The van der Waals surface area contributed by atoms with Crippen LogP contribution in [0, 0.1) is 5.92 Å². The molecule has 1 saturated heterocycles. The molecule has 5 nitrogen and oxygen atoms in total. The lowest BCUT2D eigenvalue weighted by Gasteiger charge is -2.32. The van der Waals surface area contributed by atoms with E-state index < -0.39 is 0 Å². The molecule has 6 heteroatoms. The maximum absolute atomic E-state index is 6.00. The molecule has 2 aromatic heterocycles. The van der Waals surface area contributed by atoms with Gasteiger partial charge in [-0.05, 0) is 49.1 Å². The number of anilines is 1. The van der Waals surface area contributed by atoms with Crippen molar-refractivity contribution in [1.82, 2.24) is 15.2 Å². The molecule has 3 heterocycles. The van der Waals surface area contributed by atoms with E-state index in [2.05, 4.69) is 40.4 Å². The van der Waals surface area contributed by atoms with Crippen molar-refractivity contribution in [2.45, 2.75) is 39.2 Å². The summed E-state index contributed by atoms with van der Waals surface area (Å²) in [6.45, 7) is 6.26. The summed E-state index contributed by atoms with van der Waals surface area (Å²) in [7, 11) is 0. The standard InChI is InChI=1S/C15H23N5S/c1-3-11-6-9-21-13(11)14-17-15(19-18-14)20-7-4-12(5-8-20)10(2)16/h6,9-10,12H,3-5,7-8,16H2,1-2H3,(H,17,18,19). The highest BCUT2D eigenvalue weighted by molar-refractivity contribution is 7.13. The van der Waals surface area contributed by atoms with Gasteiger partial charge in [0.05, 0.1) is 4.88 Å². The number of aromatic amines is 1. The fourth-order valence-electron chi connectivity index (χ4n) is 2.94. The van der Waals surface area contributed by atoms with Crippen molar-refractivity contribution in [2.75, 3.05) is 18.0 Å². The van der Waals surface area contributed by atoms with Gasteiger partial charge in [-0.15, -0.1) is 16.4 Å². The molecule has 0 spiro atoms. The Morgan fingerprint density at radius 2 is 2.24 bits per heavy atom. The third kappa shape index (κ3) is 2.96. The smallest absolute Gasteiger partial charge is 0.245 e. The highest BCUT2D eigenvalue weighted by atomic mass is 32.1. The minimum Gasteiger partial charge on any atom is -0.340 e. The monoisotopic (exact) mass is 305 g/mol. The number of nitrogens with zero attached hydrogens (tertiary/aromatic N) is 3. The lowest BCUT2D eigenvalue weighted by Crippen LogP contribution is -2.40. The second-order valence-corrected chi connectivity index (χ2v) is 6.71. The van der Waals surface area contributed by atoms with Crippen LogP contribution in [0.25, 0.3) is 10.7 Å². The molecule has 1 aliphatic heterocycles. The van der Waals surface area contributed by atoms with Gasteiger partial charge in [-0.1, -0.05) is 6.92 Å². The van der Waals surface area contributed by atoms with Crippen LogP contribution < -0.4 is 10.6 Å². The number of aromatic nitrogens is 3. The van der Waals surface area contributed by atoms with E-state index in [0.29, 0.717) is 5.92 Å². The zero-order valence-electron chi connectivity index (χ0n) is 12.7. The van der Waals surface area contributed by atoms with Crippen LogP contribution in [0.2, 0.25) is 0 Å². The van der Waals surface area contributed by atoms with Gasteiger partial charge in [-0.3, -0.25) is 5.10 Å². The minimum atomic E-state index is 0.285. The van der Waals surface area contributed by atoms with Gasteiger partial charge >= 0.3 is 0 Å². The minimum absolute atomic E-state index is 0.285. The molecule has 0 radical (unpaired) electrons. The summed E-state index contributed by atoms with van der Waals surface area (Å²) in [5.41, 5.74) is 7.33. The highest BCUT2D eigenvalue weighted by Gasteiger charge is 2.24. The second-order valence-electron chi connectivity index (χ2n) is 5.80. The van der Waals surface area contributed by atoms with E-state index in [0.717, 1.165) is 44.1 Å². The molecule has 2 aromatic rings. The average Bonchev–Trinajstić information content (AvgIpc) is 3.15. The molecule has 3 rings (SSSR count). The van der Waals surface area contributed by atoms with Gasteiger partial charge in [0.2, 0.25) is 5.95 Å². The van der Waals surface area contributed by atoms with Crippen LogP contribution in [-0.2, 0) is 6.42 Å². The second kappa shape index (κ2) is 6.15. The largest absolute Gasteiger partial charge is 0.340 e. The van der Waals surface area contributed by atoms with E-state index in [1.807, 2.05) is 0 Å². The van der Waals surface area contributed by atoms with Crippen LogP contribution >= 0.6 is 11.3 Å². The van der Waals surface area contributed by atoms with Crippen LogP contribution in [0.5, 0.6) is 0 Å². The zero-order valence-corrected chi connectivity index (χ0v) is 13.5. The Morgan fingerprint density at radius 3 is 2.90 bits per heavy atom. The first kappa shape index (κ1) is 14.5. The van der Waals surface area contributed by atoms with Crippen LogP contribution in [0.4, 0.5) is 5.95 Å². The van der Waals surface area contributed by atoms with Gasteiger partial charge < -0.3 is 10.6 Å². The SMILES string of the molecule is CCc1ccsc1-c1nc(N2CCC(C(C)N)CC2)n[nH]1. The number of nitrogens with one attached hydrogen (secondary N) is 1. The van der Waals surface area contributed by atoms with E-state index >= 15 is 0 Å². The van der Waals surface area contributed by atoms with Crippen molar-refractivity contribution in [1.29, 1.82) is 0 Å². The van der Waals surface area contributed by atoms with Gasteiger partial charge in [-0.25, -0.2) is 0 Å². The van der Waals surface area contributed by atoms with Crippen LogP contribution in [0.3, 0.4) is 0 Å². The summed E-state index contributed by atoms with van der Waals surface area (Å²) in [5, 5.41) is 9.62. The fourth-order valence-corrected chi connectivity index (χ4v) is 3.88. The van der Waals surface area contributed by atoms with Crippen LogP contribution in [0.15, 0.2) is 11.4 Å². The Labute approximate surface area is 129 Å². The quantitative estimate of drug-likeness (QED) is 0.911. The van der Waals surface area contributed by atoms with Crippen molar-refractivity contribution in [3.63, 3.8) is 0 Å². The maximum atomic E-state index is 6.00. The average molecular weight is 305 g/mol. The molecule has 0 aliphatic carbocycles. The molecule has 1 unspecified atom stereocenters. The molecule has 21 heavy (non-hydrogen) atoms. The summed E-state index contributed by atoms with van der Waals surface area (Å²) >= 11 is 1.72. The lowest BCUT2D eigenvalue weighted by atomic mass is 9.91. The Morgan fingerprint density at radius 1 is 1.48 bits per heavy atom. The molecule has 1 atom stereocenters. The number of rotatable bonds is 4. The molecular weight excluding hydrogens is 282 g/mol. The number of aryl methyl sites for hydroxylation is 1. The van der Waals surface area contributed by atoms with Gasteiger partial charge in [0, 0.05) is 19.1 Å². The van der Waals surface area contributed by atoms with Gasteiger partial charge in [0.15, 0.2) is 5.82 Å². The zero-order chi connectivity index (χ0) is 14.8. The van der Waals surface area contributed by atoms with Crippen molar-refractivity contribution in [3.05, 3.63) is 17.0 Å². The van der Waals surface area contributed by atoms with Crippen LogP contribution in [-0.4, -0.2) is 34.3 Å². The Hall–Kier alpha value is -1.40. The molecule has 0 aromatic carbocycles. The summed E-state index contributed by atoms with van der Waals surface area (Å²) in [4.78, 5) is 8.17. The van der Waals surface area contributed by atoms with E-state index in [9.17, 15) is 0 Å². The first-order chi connectivity index (χ1) is 10.2. The fraction of sp³-hybridized carbons (Fsp3) is 0.600. The van der Waals surface area contributed by atoms with E-state index in [1.54, 1.807) is 11.3 Å². The molecule has 0 amide bonds. The Bertz CT molecular complexity index is 580. The predicted molar refractivity (Wildman–Crippen MR) is 87.7 cm³/mol. The molecule has 1 aliphatic rings. The first-order valence-corrected chi connectivity index (χ1v) is 8.56. The third-order valence-corrected chi connectivity index (χ3v) is 5.35. The van der Waals surface area contributed by atoms with Gasteiger partial charge in [0.25, 0.3) is 0 Å². The van der Waals surface area contributed by atoms with Crippen molar-refractivity contribution >= 4 is 17.3 Å². The van der Waals surface area contributed by atoms with Gasteiger partial charge in [-0.2, -0.15) is 4.98 Å². The summed E-state index contributed by atoms with van der Waals surface area (Å²) in [6.07, 6.45) is 3.27. The summed E-state index contributed by atoms with van der Waals surface area (Å²) in [6, 6.07) is 2.45. The summed E-state index contributed by atoms with van der Waals surface area (Å²) < 4.78 is 0. The normalized spacial score (nSPS) is 18.1. The van der Waals surface area contributed by atoms with E-state index in [-0.39, 0.29) is 6.04 Å². The molecular formula is C15H23N5S. The molecule has 0 saturated carbocycles. The number of hydrogen-bond donors (Lipinski definition) is 2. The lowest BCUT2D eigenvalue weighted by molar-refractivity contribution is 0.352. The Balaban J connectivity index is 1.71. The molecule has 114 valence electrons.